The van der Waals surface area contributed by atoms with Gasteiger partial charge in [-0.25, -0.2) is 4.79 Å². The van der Waals surface area contributed by atoms with Crippen LogP contribution in [0.3, 0.4) is 0 Å². The van der Waals surface area contributed by atoms with Gasteiger partial charge < -0.3 is 24.7 Å². The van der Waals surface area contributed by atoms with Crippen molar-refractivity contribution in [2.45, 2.75) is 26.3 Å². The molecule has 174 valence electrons. The van der Waals surface area contributed by atoms with Crippen LogP contribution in [0.4, 0.5) is 0 Å². The number of aromatic hydroxyl groups is 2. The van der Waals surface area contributed by atoms with Gasteiger partial charge in [0, 0.05) is 32.7 Å². The monoisotopic (exact) mass is 451 g/mol. The second-order valence-electron chi connectivity index (χ2n) is 8.91. The number of piperazine rings is 1. The number of rotatable bonds is 6. The summed E-state index contributed by atoms with van der Waals surface area (Å²) in [7, 11) is 2.12. The molecule has 0 bridgehead atoms. The largest absolute Gasteiger partial charge is 0.504 e. The highest BCUT2D eigenvalue weighted by atomic mass is 16.5. The number of hydrogen-bond donors (Lipinski definition) is 3. The molecule has 0 unspecified atom stereocenters. The van der Waals surface area contributed by atoms with Gasteiger partial charge in [-0.1, -0.05) is 43.3 Å². The van der Waals surface area contributed by atoms with Crippen molar-refractivity contribution in [1.82, 2.24) is 15.0 Å². The number of benzene rings is 2. The summed E-state index contributed by atoms with van der Waals surface area (Å²) in [5.74, 6) is -1.72. The molecule has 0 radical (unpaired) electrons. The van der Waals surface area contributed by atoms with Gasteiger partial charge in [-0.3, -0.25) is 4.90 Å². The Bertz CT molecular complexity index is 1150. The average Bonchev–Trinajstić information content (AvgIpc) is 3.23. The van der Waals surface area contributed by atoms with Crippen molar-refractivity contribution in [3.63, 3.8) is 0 Å². The van der Waals surface area contributed by atoms with E-state index in [0.717, 1.165) is 43.9 Å². The number of hydrogen-bond acceptors (Lipinski definition) is 7. The Morgan fingerprint density at radius 1 is 1.09 bits per heavy atom. The van der Waals surface area contributed by atoms with Crippen LogP contribution in [0.15, 0.2) is 40.9 Å². The quantitative estimate of drug-likeness (QED) is 0.483. The maximum absolute atomic E-state index is 11.9. The summed E-state index contributed by atoms with van der Waals surface area (Å²) in [6, 6.07) is 10.8. The van der Waals surface area contributed by atoms with E-state index in [4.69, 9.17) is 4.52 Å². The lowest BCUT2D eigenvalue weighted by Gasteiger charge is -2.32. The van der Waals surface area contributed by atoms with E-state index in [2.05, 4.69) is 22.0 Å². The number of phenolic OH excluding ortho intramolecular Hbond substituents is 2. The van der Waals surface area contributed by atoms with Gasteiger partial charge in [-0.05, 0) is 41.8 Å². The van der Waals surface area contributed by atoms with Crippen LogP contribution in [0.25, 0.3) is 22.5 Å². The minimum absolute atomic E-state index is 0.0782. The third kappa shape index (κ3) is 4.72. The Hall–Kier alpha value is -3.36. The standard InChI is InChI=1S/C25H29N3O5/c1-15(2)18-12-19(23(30)20(29)13-18)24-21(22(25(31)32)26-33-24)17-6-4-16(5-7-17)14-28-10-8-27(3)9-11-28/h4-7,12-13,15,29-30H,8-11,14H2,1-3H3,(H,31,32). The van der Waals surface area contributed by atoms with Crippen molar-refractivity contribution < 1.29 is 24.6 Å². The van der Waals surface area contributed by atoms with E-state index in [9.17, 15) is 20.1 Å². The van der Waals surface area contributed by atoms with Crippen molar-refractivity contribution in [3.05, 3.63) is 53.2 Å². The molecule has 2 heterocycles. The van der Waals surface area contributed by atoms with E-state index in [-0.39, 0.29) is 40.0 Å². The maximum Gasteiger partial charge on any atom is 0.358 e. The third-order valence-electron chi connectivity index (χ3n) is 6.16. The van der Waals surface area contributed by atoms with Crippen molar-refractivity contribution >= 4 is 5.97 Å². The summed E-state index contributed by atoms with van der Waals surface area (Å²) in [6.07, 6.45) is 0. The lowest BCUT2D eigenvalue weighted by atomic mass is 9.94. The van der Waals surface area contributed by atoms with E-state index in [0.29, 0.717) is 5.56 Å². The lowest BCUT2D eigenvalue weighted by molar-refractivity contribution is 0.0686. The fourth-order valence-corrected chi connectivity index (χ4v) is 4.08. The Morgan fingerprint density at radius 2 is 1.76 bits per heavy atom. The zero-order valence-corrected chi connectivity index (χ0v) is 19.1. The number of phenols is 2. The van der Waals surface area contributed by atoms with Crippen LogP contribution in [0.2, 0.25) is 0 Å². The molecule has 0 amide bonds. The van der Waals surface area contributed by atoms with Gasteiger partial charge in [0.2, 0.25) is 0 Å². The van der Waals surface area contributed by atoms with Crippen LogP contribution in [-0.2, 0) is 6.54 Å². The molecular weight excluding hydrogens is 422 g/mol. The number of likely N-dealkylation sites (N-methyl/N-ethyl adjacent to an activating group) is 1. The highest BCUT2D eigenvalue weighted by Crippen LogP contribution is 2.44. The summed E-state index contributed by atoms with van der Waals surface area (Å²) in [6.45, 7) is 8.82. The Balaban J connectivity index is 1.72. The molecule has 8 nitrogen and oxygen atoms in total. The molecule has 1 aliphatic heterocycles. The van der Waals surface area contributed by atoms with Crippen molar-refractivity contribution in [1.29, 1.82) is 0 Å². The lowest BCUT2D eigenvalue weighted by Crippen LogP contribution is -2.43. The smallest absolute Gasteiger partial charge is 0.358 e. The van der Waals surface area contributed by atoms with Crippen molar-refractivity contribution in [2.24, 2.45) is 0 Å². The van der Waals surface area contributed by atoms with Gasteiger partial charge in [0.25, 0.3) is 0 Å². The van der Waals surface area contributed by atoms with Gasteiger partial charge in [-0.2, -0.15) is 0 Å². The molecule has 1 fully saturated rings. The molecule has 1 aliphatic rings. The predicted octanol–water partition coefficient (Wildman–Crippen LogP) is 3.99. The molecule has 1 aromatic heterocycles. The highest BCUT2D eigenvalue weighted by molar-refractivity contribution is 5.99. The average molecular weight is 452 g/mol. The van der Waals surface area contributed by atoms with E-state index in [1.807, 2.05) is 38.1 Å². The first-order valence-corrected chi connectivity index (χ1v) is 11.0. The summed E-state index contributed by atoms with van der Waals surface area (Å²) in [5, 5.41) is 34.2. The molecule has 4 rings (SSSR count). The van der Waals surface area contributed by atoms with Gasteiger partial charge in [-0.15, -0.1) is 0 Å². The number of aromatic nitrogens is 1. The number of carboxylic acids is 1. The van der Waals surface area contributed by atoms with Crippen LogP contribution in [0.1, 0.15) is 41.4 Å². The van der Waals surface area contributed by atoms with Gasteiger partial charge in [0.15, 0.2) is 23.0 Å². The molecule has 33 heavy (non-hydrogen) atoms. The van der Waals surface area contributed by atoms with E-state index < -0.39 is 5.97 Å². The van der Waals surface area contributed by atoms with E-state index in [1.54, 1.807) is 6.07 Å². The summed E-state index contributed by atoms with van der Waals surface area (Å²) in [5.41, 5.74) is 2.74. The zero-order valence-electron chi connectivity index (χ0n) is 19.1. The van der Waals surface area contributed by atoms with Gasteiger partial charge in [0.1, 0.15) is 0 Å². The molecule has 1 saturated heterocycles. The summed E-state index contributed by atoms with van der Waals surface area (Å²) < 4.78 is 5.42. The van der Waals surface area contributed by atoms with Crippen molar-refractivity contribution in [2.75, 3.05) is 33.2 Å². The Labute approximate surface area is 192 Å². The fourth-order valence-electron chi connectivity index (χ4n) is 4.08. The number of aromatic carboxylic acids is 1. The minimum atomic E-state index is -1.23. The number of carbonyl (C=O) groups is 1. The van der Waals surface area contributed by atoms with Crippen molar-refractivity contribution in [3.8, 4) is 33.9 Å². The Morgan fingerprint density at radius 3 is 2.36 bits per heavy atom. The molecule has 3 aromatic rings. The maximum atomic E-state index is 11.9. The molecule has 0 saturated carbocycles. The SMILES string of the molecule is CC(C)c1cc(O)c(O)c(-c2onc(C(=O)O)c2-c2ccc(CN3CCN(C)CC3)cc2)c1. The first-order valence-electron chi connectivity index (χ1n) is 11.0. The molecule has 0 aliphatic carbocycles. The first kappa shape index (κ1) is 22.8. The van der Waals surface area contributed by atoms with Gasteiger partial charge in [0.05, 0.1) is 11.1 Å². The van der Waals surface area contributed by atoms with Crippen LogP contribution in [0, 0.1) is 0 Å². The minimum Gasteiger partial charge on any atom is -0.504 e. The first-order chi connectivity index (χ1) is 15.7. The molecular formula is C25H29N3O5. The van der Waals surface area contributed by atoms with Gasteiger partial charge >= 0.3 is 5.97 Å². The second kappa shape index (κ2) is 9.25. The summed E-state index contributed by atoms with van der Waals surface area (Å²) >= 11 is 0. The third-order valence-corrected chi connectivity index (χ3v) is 6.16. The number of nitrogens with zero attached hydrogens (tertiary/aromatic N) is 3. The normalized spacial score (nSPS) is 15.3. The number of carboxylic acid groups (broad SMARTS) is 1. The zero-order chi connectivity index (χ0) is 23.7. The molecule has 2 aromatic carbocycles. The fraction of sp³-hybridized carbons (Fsp3) is 0.360. The highest BCUT2D eigenvalue weighted by Gasteiger charge is 2.27. The molecule has 3 N–H and O–H groups in total. The summed E-state index contributed by atoms with van der Waals surface area (Å²) in [4.78, 5) is 16.6. The van der Waals surface area contributed by atoms with Crippen LogP contribution < -0.4 is 0 Å². The molecule has 0 spiro atoms. The Kier molecular flexibility index (Phi) is 6.40. The van der Waals surface area contributed by atoms with E-state index >= 15 is 0 Å². The molecule has 0 atom stereocenters. The van der Waals surface area contributed by atoms with Crippen LogP contribution >= 0.6 is 0 Å². The topological polar surface area (TPSA) is 110 Å². The van der Waals surface area contributed by atoms with Crippen LogP contribution in [-0.4, -0.2) is 69.5 Å². The predicted molar refractivity (Wildman–Crippen MR) is 125 cm³/mol. The molecule has 8 heteroatoms. The van der Waals surface area contributed by atoms with Crippen LogP contribution in [0.5, 0.6) is 11.5 Å². The van der Waals surface area contributed by atoms with E-state index in [1.165, 1.54) is 6.07 Å². The second-order valence-corrected chi connectivity index (χ2v) is 8.91.